The average molecular weight is 367 g/mol. The van der Waals surface area contributed by atoms with Gasteiger partial charge in [-0.2, -0.15) is 10.1 Å². The van der Waals surface area contributed by atoms with Gasteiger partial charge in [-0.05, 0) is 36.4 Å². The van der Waals surface area contributed by atoms with Crippen LogP contribution in [0.25, 0.3) is 0 Å². The molecule has 1 aromatic heterocycles. The Balaban J connectivity index is 1.42. The van der Waals surface area contributed by atoms with E-state index in [0.29, 0.717) is 11.0 Å². The van der Waals surface area contributed by atoms with Gasteiger partial charge in [-0.25, -0.2) is 0 Å². The van der Waals surface area contributed by atoms with Gasteiger partial charge in [0.15, 0.2) is 5.82 Å². The van der Waals surface area contributed by atoms with E-state index in [2.05, 4.69) is 54.6 Å². The first-order chi connectivity index (χ1) is 12.8. The summed E-state index contributed by atoms with van der Waals surface area (Å²) in [6.07, 6.45) is 1.71. The second kappa shape index (κ2) is 7.58. The van der Waals surface area contributed by atoms with Gasteiger partial charge in [0.05, 0.1) is 6.20 Å². The zero-order chi connectivity index (χ0) is 17.8. The van der Waals surface area contributed by atoms with Crippen molar-refractivity contribution in [2.75, 3.05) is 41.3 Å². The van der Waals surface area contributed by atoms with Crippen LogP contribution in [0.1, 0.15) is 0 Å². The third-order valence-electron chi connectivity index (χ3n) is 4.37. The Labute approximate surface area is 157 Å². The second-order valence-corrected chi connectivity index (χ2v) is 6.52. The molecule has 0 amide bonds. The number of nitrogens with one attached hydrogen (secondary N) is 1. The number of hydrogen-bond acceptors (Lipinski definition) is 6. The molecule has 26 heavy (non-hydrogen) atoms. The molecule has 4 rings (SSSR count). The molecule has 1 aliphatic heterocycles. The van der Waals surface area contributed by atoms with E-state index in [1.54, 1.807) is 6.20 Å². The van der Waals surface area contributed by atoms with Crippen molar-refractivity contribution in [2.24, 2.45) is 0 Å². The lowest BCUT2D eigenvalue weighted by Gasteiger charge is -2.36. The summed E-state index contributed by atoms with van der Waals surface area (Å²) < 4.78 is 0. The molecule has 1 aliphatic rings. The van der Waals surface area contributed by atoms with Crippen molar-refractivity contribution in [3.63, 3.8) is 0 Å². The molecule has 7 heteroatoms. The molecule has 0 spiro atoms. The van der Waals surface area contributed by atoms with Crippen LogP contribution >= 0.6 is 11.6 Å². The maximum Gasteiger partial charge on any atom is 0.249 e. The van der Waals surface area contributed by atoms with Crippen LogP contribution < -0.4 is 15.1 Å². The molecule has 3 aromatic rings. The molecule has 132 valence electrons. The van der Waals surface area contributed by atoms with Crippen LogP contribution in [0.2, 0.25) is 5.02 Å². The van der Waals surface area contributed by atoms with Crippen LogP contribution in [0, 0.1) is 0 Å². The molecule has 0 saturated carbocycles. The van der Waals surface area contributed by atoms with Gasteiger partial charge in [0.25, 0.3) is 0 Å². The number of halogens is 1. The molecule has 2 aromatic carbocycles. The van der Waals surface area contributed by atoms with Gasteiger partial charge < -0.3 is 15.1 Å². The normalized spacial score (nSPS) is 14.3. The first kappa shape index (κ1) is 16.6. The van der Waals surface area contributed by atoms with Crippen LogP contribution in [-0.2, 0) is 0 Å². The molecule has 6 nitrogen and oxygen atoms in total. The Morgan fingerprint density at radius 2 is 1.54 bits per heavy atom. The zero-order valence-electron chi connectivity index (χ0n) is 14.2. The molecule has 0 radical (unpaired) electrons. The molecule has 0 unspecified atom stereocenters. The van der Waals surface area contributed by atoms with Crippen molar-refractivity contribution in [3.8, 4) is 0 Å². The SMILES string of the molecule is Clc1ccc(Nc2nncc(N3CCN(c4ccccc4)CC3)n2)cc1. The Morgan fingerprint density at radius 1 is 0.846 bits per heavy atom. The van der Waals surface area contributed by atoms with Crippen molar-refractivity contribution < 1.29 is 0 Å². The molecule has 0 bridgehead atoms. The summed E-state index contributed by atoms with van der Waals surface area (Å²) in [6.45, 7) is 3.70. The molecule has 1 fully saturated rings. The molecule has 1 N–H and O–H groups in total. The van der Waals surface area contributed by atoms with Crippen molar-refractivity contribution in [3.05, 3.63) is 65.8 Å². The topological polar surface area (TPSA) is 57.2 Å². The summed E-state index contributed by atoms with van der Waals surface area (Å²) in [4.78, 5) is 9.23. The lowest BCUT2D eigenvalue weighted by molar-refractivity contribution is 0.645. The van der Waals surface area contributed by atoms with Crippen LogP contribution in [0.3, 0.4) is 0 Å². The van der Waals surface area contributed by atoms with Gasteiger partial charge in [0.2, 0.25) is 5.95 Å². The summed E-state index contributed by atoms with van der Waals surface area (Å²) >= 11 is 5.92. The fraction of sp³-hybridized carbons (Fsp3) is 0.211. The van der Waals surface area contributed by atoms with E-state index in [1.165, 1.54) is 5.69 Å². The monoisotopic (exact) mass is 366 g/mol. The summed E-state index contributed by atoms with van der Waals surface area (Å²) in [6, 6.07) is 17.9. The minimum absolute atomic E-state index is 0.482. The largest absolute Gasteiger partial charge is 0.368 e. The summed E-state index contributed by atoms with van der Waals surface area (Å²) in [7, 11) is 0. The van der Waals surface area contributed by atoms with E-state index < -0.39 is 0 Å². The summed E-state index contributed by atoms with van der Waals surface area (Å²) in [5.74, 6) is 1.32. The van der Waals surface area contributed by atoms with Gasteiger partial charge in [0, 0.05) is 42.6 Å². The number of piperazine rings is 1. The van der Waals surface area contributed by atoms with Gasteiger partial charge in [-0.3, -0.25) is 0 Å². The van der Waals surface area contributed by atoms with E-state index in [1.807, 2.05) is 30.3 Å². The van der Waals surface area contributed by atoms with Crippen LogP contribution in [0.15, 0.2) is 60.8 Å². The van der Waals surface area contributed by atoms with Crippen LogP contribution in [0.4, 0.5) is 23.1 Å². The van der Waals surface area contributed by atoms with Gasteiger partial charge >= 0.3 is 0 Å². The minimum atomic E-state index is 0.482. The summed E-state index contributed by atoms with van der Waals surface area (Å²) in [5.41, 5.74) is 2.14. The zero-order valence-corrected chi connectivity index (χ0v) is 15.0. The Kier molecular flexibility index (Phi) is 4.84. The second-order valence-electron chi connectivity index (χ2n) is 6.08. The number of hydrogen-bond donors (Lipinski definition) is 1. The van der Waals surface area contributed by atoms with Crippen LogP contribution in [0.5, 0.6) is 0 Å². The number of para-hydroxylation sites is 1. The highest BCUT2D eigenvalue weighted by atomic mass is 35.5. The number of rotatable bonds is 4. The Morgan fingerprint density at radius 3 is 2.27 bits per heavy atom. The summed E-state index contributed by atoms with van der Waals surface area (Å²) in [5, 5.41) is 12.0. The highest BCUT2D eigenvalue weighted by Gasteiger charge is 2.19. The van der Waals surface area contributed by atoms with Crippen LogP contribution in [-0.4, -0.2) is 41.4 Å². The maximum atomic E-state index is 5.92. The van der Waals surface area contributed by atoms with Gasteiger partial charge in [-0.1, -0.05) is 29.8 Å². The first-order valence-electron chi connectivity index (χ1n) is 8.55. The van der Waals surface area contributed by atoms with E-state index in [4.69, 9.17) is 11.6 Å². The molecular weight excluding hydrogens is 348 g/mol. The van der Waals surface area contributed by atoms with Crippen molar-refractivity contribution in [2.45, 2.75) is 0 Å². The minimum Gasteiger partial charge on any atom is -0.368 e. The Hall–Kier alpha value is -2.86. The fourth-order valence-corrected chi connectivity index (χ4v) is 3.12. The number of nitrogens with zero attached hydrogens (tertiary/aromatic N) is 5. The standard InChI is InChI=1S/C19H19ClN6/c20-15-6-8-16(9-7-15)22-19-23-18(14-21-24-19)26-12-10-25(11-13-26)17-4-2-1-3-5-17/h1-9,14H,10-13H2,(H,22,23,24). The van der Waals surface area contributed by atoms with Crippen molar-refractivity contribution in [1.29, 1.82) is 0 Å². The highest BCUT2D eigenvalue weighted by molar-refractivity contribution is 6.30. The van der Waals surface area contributed by atoms with Crippen molar-refractivity contribution in [1.82, 2.24) is 15.2 Å². The molecule has 0 aliphatic carbocycles. The maximum absolute atomic E-state index is 5.92. The van der Waals surface area contributed by atoms with Crippen molar-refractivity contribution >= 4 is 34.7 Å². The molecule has 1 saturated heterocycles. The van der Waals surface area contributed by atoms with E-state index in [0.717, 1.165) is 37.7 Å². The highest BCUT2D eigenvalue weighted by Crippen LogP contribution is 2.20. The fourth-order valence-electron chi connectivity index (χ4n) is 3.00. The quantitative estimate of drug-likeness (QED) is 0.761. The average Bonchev–Trinajstić information content (AvgIpc) is 2.71. The molecular formula is C19H19ClN6. The lowest BCUT2D eigenvalue weighted by atomic mass is 10.2. The van der Waals surface area contributed by atoms with E-state index in [-0.39, 0.29) is 0 Å². The first-order valence-corrected chi connectivity index (χ1v) is 8.93. The number of benzene rings is 2. The van der Waals surface area contributed by atoms with Gasteiger partial charge in [0.1, 0.15) is 0 Å². The Bertz CT molecular complexity index is 847. The van der Waals surface area contributed by atoms with E-state index in [9.17, 15) is 0 Å². The van der Waals surface area contributed by atoms with E-state index >= 15 is 0 Å². The smallest absolute Gasteiger partial charge is 0.249 e. The number of anilines is 4. The number of aromatic nitrogens is 3. The lowest BCUT2D eigenvalue weighted by Crippen LogP contribution is -2.46. The molecule has 0 atom stereocenters. The van der Waals surface area contributed by atoms with Gasteiger partial charge in [-0.15, -0.1) is 5.10 Å². The molecule has 2 heterocycles. The predicted molar refractivity (Wildman–Crippen MR) is 105 cm³/mol. The third kappa shape index (κ3) is 3.86. The third-order valence-corrected chi connectivity index (χ3v) is 4.62. The predicted octanol–water partition coefficient (Wildman–Crippen LogP) is 3.60.